The lowest BCUT2D eigenvalue weighted by molar-refractivity contribution is 0.113. The Labute approximate surface area is 81.9 Å². The molecule has 2 N–H and O–H groups in total. The van der Waals surface area contributed by atoms with Crippen LogP contribution in [0.5, 0.6) is 0 Å². The maximum Gasteiger partial charge on any atom is 0.239 e. The molecule has 1 rings (SSSR count). The normalized spacial score (nSPS) is 13.5. The summed E-state index contributed by atoms with van der Waals surface area (Å²) in [6.45, 7) is 4.06. The smallest absolute Gasteiger partial charge is 0.239 e. The van der Waals surface area contributed by atoms with Crippen molar-refractivity contribution < 1.29 is 8.78 Å². The van der Waals surface area contributed by atoms with Crippen LogP contribution in [0, 0.1) is 12.8 Å². The molecule has 1 heterocycles. The Balaban J connectivity index is 2.51. The highest BCUT2D eigenvalue weighted by Crippen LogP contribution is 2.14. The van der Waals surface area contributed by atoms with Crippen LogP contribution in [0.2, 0.25) is 0 Å². The van der Waals surface area contributed by atoms with Gasteiger partial charge in [0.05, 0.1) is 11.4 Å². The van der Waals surface area contributed by atoms with E-state index in [-0.39, 0.29) is 12.3 Å². The molecule has 3 nitrogen and oxygen atoms in total. The van der Waals surface area contributed by atoms with E-state index in [4.69, 9.17) is 5.73 Å². The summed E-state index contributed by atoms with van der Waals surface area (Å²) >= 11 is 0. The lowest BCUT2D eigenvalue weighted by Crippen LogP contribution is -2.11. The molecule has 0 spiro atoms. The van der Waals surface area contributed by atoms with Gasteiger partial charge in [0.15, 0.2) is 0 Å². The molecule has 5 heteroatoms. The Bertz CT molecular complexity index is 277. The summed E-state index contributed by atoms with van der Waals surface area (Å²) in [6, 6.07) is 0. The van der Waals surface area contributed by atoms with E-state index in [9.17, 15) is 8.78 Å². The predicted octanol–water partition coefficient (Wildman–Crippen LogP) is 2.07. The van der Waals surface area contributed by atoms with Gasteiger partial charge in [0.25, 0.3) is 0 Å². The van der Waals surface area contributed by atoms with Crippen LogP contribution in [0.25, 0.3) is 0 Å². The Morgan fingerprint density at radius 2 is 2.21 bits per heavy atom. The number of aromatic nitrogens is 2. The van der Waals surface area contributed by atoms with Gasteiger partial charge >= 0.3 is 0 Å². The predicted molar refractivity (Wildman–Crippen MR) is 51.2 cm³/mol. The van der Waals surface area contributed by atoms with Gasteiger partial charge in [-0.15, -0.1) is 0 Å². The third kappa shape index (κ3) is 2.97. The Kier molecular flexibility index (Phi) is 3.43. The van der Waals surface area contributed by atoms with E-state index in [0.29, 0.717) is 12.2 Å². The molecule has 14 heavy (non-hydrogen) atoms. The van der Waals surface area contributed by atoms with Crippen molar-refractivity contribution in [3.63, 3.8) is 0 Å². The summed E-state index contributed by atoms with van der Waals surface area (Å²) < 4.78 is 25.7. The van der Waals surface area contributed by atoms with Crippen molar-refractivity contribution >= 4 is 5.69 Å². The lowest BCUT2D eigenvalue weighted by Gasteiger charge is -2.10. The van der Waals surface area contributed by atoms with Crippen molar-refractivity contribution in [3.8, 4) is 0 Å². The lowest BCUT2D eigenvalue weighted by atomic mass is 10.1. The van der Waals surface area contributed by atoms with Crippen molar-refractivity contribution in [3.05, 3.63) is 11.9 Å². The van der Waals surface area contributed by atoms with E-state index in [2.05, 4.69) is 5.10 Å². The Morgan fingerprint density at radius 1 is 1.57 bits per heavy atom. The van der Waals surface area contributed by atoms with Crippen LogP contribution < -0.4 is 5.73 Å². The summed E-state index contributed by atoms with van der Waals surface area (Å²) in [7, 11) is 0. The monoisotopic (exact) mass is 203 g/mol. The maximum absolute atomic E-state index is 12.0. The largest absolute Gasteiger partial charge is 0.396 e. The number of hydrogen-bond acceptors (Lipinski definition) is 2. The topological polar surface area (TPSA) is 43.8 Å². The third-order valence-electron chi connectivity index (χ3n) is 2.06. The second-order valence-electron chi connectivity index (χ2n) is 3.62. The minimum absolute atomic E-state index is 0.0892. The molecule has 0 radical (unpaired) electrons. The van der Waals surface area contributed by atoms with E-state index >= 15 is 0 Å². The molecular formula is C9H15F2N3. The zero-order valence-electron chi connectivity index (χ0n) is 8.37. The number of nitrogens with two attached hydrogens (primary N) is 1. The molecule has 80 valence electrons. The van der Waals surface area contributed by atoms with Crippen molar-refractivity contribution in [1.29, 1.82) is 0 Å². The van der Waals surface area contributed by atoms with Gasteiger partial charge in [-0.2, -0.15) is 5.10 Å². The van der Waals surface area contributed by atoms with Crippen LogP contribution in [0.15, 0.2) is 6.20 Å². The first-order valence-corrected chi connectivity index (χ1v) is 4.56. The molecule has 0 aromatic carbocycles. The minimum Gasteiger partial charge on any atom is -0.396 e. The molecule has 0 amide bonds. The van der Waals surface area contributed by atoms with Gasteiger partial charge in [-0.25, -0.2) is 8.78 Å². The quantitative estimate of drug-likeness (QED) is 0.814. The average molecular weight is 203 g/mol. The maximum atomic E-state index is 12.0. The van der Waals surface area contributed by atoms with Gasteiger partial charge in [0.2, 0.25) is 6.43 Å². The van der Waals surface area contributed by atoms with Crippen LogP contribution in [-0.4, -0.2) is 16.2 Å². The van der Waals surface area contributed by atoms with Gasteiger partial charge in [-0.3, -0.25) is 4.68 Å². The number of alkyl halides is 2. The highest BCUT2D eigenvalue weighted by molar-refractivity contribution is 5.39. The second-order valence-corrected chi connectivity index (χ2v) is 3.62. The van der Waals surface area contributed by atoms with E-state index in [1.165, 1.54) is 0 Å². The fraction of sp³-hybridized carbons (Fsp3) is 0.667. The van der Waals surface area contributed by atoms with E-state index in [0.717, 1.165) is 5.69 Å². The molecule has 0 aliphatic heterocycles. The molecule has 1 aromatic rings. The first kappa shape index (κ1) is 10.9. The van der Waals surface area contributed by atoms with Gasteiger partial charge in [0.1, 0.15) is 0 Å². The number of nitrogens with zero attached hydrogens (tertiary/aromatic N) is 2. The molecule has 0 aliphatic rings. The number of nitrogen functional groups attached to an aromatic ring is 1. The summed E-state index contributed by atoms with van der Waals surface area (Å²) in [6.07, 6.45) is -0.671. The summed E-state index contributed by atoms with van der Waals surface area (Å²) in [5, 5.41) is 4.10. The van der Waals surface area contributed by atoms with E-state index in [1.807, 2.05) is 0 Å². The van der Waals surface area contributed by atoms with E-state index in [1.54, 1.807) is 24.7 Å². The second kappa shape index (κ2) is 4.39. The SMILES string of the molecule is Cc1nn(CC(C)CC(F)F)cc1N. The minimum atomic E-state index is -2.25. The molecule has 1 aromatic heterocycles. The van der Waals surface area contributed by atoms with Crippen molar-refractivity contribution in [2.24, 2.45) is 5.92 Å². The van der Waals surface area contributed by atoms with Crippen LogP contribution >= 0.6 is 0 Å². The van der Waals surface area contributed by atoms with Crippen molar-refractivity contribution in [1.82, 2.24) is 9.78 Å². The van der Waals surface area contributed by atoms with Gasteiger partial charge in [-0.05, 0) is 12.8 Å². The molecule has 0 saturated heterocycles. The zero-order valence-corrected chi connectivity index (χ0v) is 8.37. The zero-order chi connectivity index (χ0) is 10.7. The number of halogens is 2. The van der Waals surface area contributed by atoms with Gasteiger partial charge < -0.3 is 5.73 Å². The van der Waals surface area contributed by atoms with Crippen LogP contribution in [0.1, 0.15) is 19.0 Å². The van der Waals surface area contributed by atoms with Crippen LogP contribution in [-0.2, 0) is 6.54 Å². The van der Waals surface area contributed by atoms with Gasteiger partial charge in [-0.1, -0.05) is 6.92 Å². The van der Waals surface area contributed by atoms with Crippen molar-refractivity contribution in [2.45, 2.75) is 33.2 Å². The third-order valence-corrected chi connectivity index (χ3v) is 2.06. The highest BCUT2D eigenvalue weighted by Gasteiger charge is 2.11. The fourth-order valence-corrected chi connectivity index (χ4v) is 1.32. The first-order valence-electron chi connectivity index (χ1n) is 4.56. The number of hydrogen-bond donors (Lipinski definition) is 1. The molecule has 0 fully saturated rings. The molecule has 1 atom stereocenters. The summed E-state index contributed by atoms with van der Waals surface area (Å²) in [5.74, 6) is -0.0892. The fourth-order valence-electron chi connectivity index (χ4n) is 1.32. The molecular weight excluding hydrogens is 188 g/mol. The van der Waals surface area contributed by atoms with Gasteiger partial charge in [0, 0.05) is 19.2 Å². The van der Waals surface area contributed by atoms with Crippen molar-refractivity contribution in [2.75, 3.05) is 5.73 Å². The van der Waals surface area contributed by atoms with Crippen LogP contribution in [0.4, 0.5) is 14.5 Å². The number of aryl methyl sites for hydroxylation is 1. The molecule has 0 bridgehead atoms. The number of anilines is 1. The average Bonchev–Trinajstić information content (AvgIpc) is 2.28. The first-order chi connectivity index (χ1) is 6.49. The standard InChI is InChI=1S/C9H15F2N3/c1-6(3-9(10)11)4-14-5-8(12)7(2)13-14/h5-6,9H,3-4,12H2,1-2H3. The van der Waals surface area contributed by atoms with E-state index < -0.39 is 6.43 Å². The van der Waals surface area contributed by atoms with Crippen LogP contribution in [0.3, 0.4) is 0 Å². The highest BCUT2D eigenvalue weighted by atomic mass is 19.3. The Morgan fingerprint density at radius 3 is 2.64 bits per heavy atom. The Hall–Kier alpha value is -1.13. The molecule has 0 aliphatic carbocycles. The molecule has 0 saturated carbocycles. The summed E-state index contributed by atoms with van der Waals surface area (Å²) in [4.78, 5) is 0. The molecule has 1 unspecified atom stereocenters. The summed E-state index contributed by atoms with van der Waals surface area (Å²) in [5.41, 5.74) is 6.94. The number of rotatable bonds is 4.